The van der Waals surface area contributed by atoms with E-state index in [0.717, 1.165) is 12.8 Å². The highest BCUT2D eigenvalue weighted by atomic mass is 79.9. The van der Waals surface area contributed by atoms with E-state index in [1.807, 2.05) is 0 Å². The Hall–Kier alpha value is -1.69. The molecule has 2 aromatic rings. The van der Waals surface area contributed by atoms with Crippen LogP contribution >= 0.6 is 15.9 Å². The van der Waals surface area contributed by atoms with Gasteiger partial charge < -0.3 is 9.30 Å². The van der Waals surface area contributed by atoms with Gasteiger partial charge in [-0.1, -0.05) is 15.9 Å². The molecule has 1 aromatic heterocycles. The SMILES string of the molecule is O=c1c(Oc2cc(Br)ccc2F)nccn1C1CC1. The molecule has 0 amide bonds. The number of aromatic nitrogens is 2. The van der Waals surface area contributed by atoms with Crippen LogP contribution in [0.4, 0.5) is 4.39 Å². The molecule has 0 saturated heterocycles. The average Bonchev–Trinajstić information content (AvgIpc) is 3.20. The van der Waals surface area contributed by atoms with E-state index in [1.165, 1.54) is 18.3 Å². The van der Waals surface area contributed by atoms with Gasteiger partial charge >= 0.3 is 5.56 Å². The van der Waals surface area contributed by atoms with Crippen LogP contribution in [-0.2, 0) is 0 Å². The van der Waals surface area contributed by atoms with E-state index in [1.54, 1.807) is 16.8 Å². The van der Waals surface area contributed by atoms with Crippen LogP contribution in [0.5, 0.6) is 11.6 Å². The summed E-state index contributed by atoms with van der Waals surface area (Å²) >= 11 is 3.23. The molecule has 1 heterocycles. The van der Waals surface area contributed by atoms with Crippen LogP contribution in [0.1, 0.15) is 18.9 Å². The number of hydrogen-bond donors (Lipinski definition) is 0. The number of nitrogens with zero attached hydrogens (tertiary/aromatic N) is 2. The van der Waals surface area contributed by atoms with Crippen molar-refractivity contribution in [3.63, 3.8) is 0 Å². The summed E-state index contributed by atoms with van der Waals surface area (Å²) in [5, 5.41) is 0. The predicted octanol–water partition coefficient (Wildman–Crippen LogP) is 3.27. The Kier molecular flexibility index (Phi) is 3.10. The lowest BCUT2D eigenvalue weighted by atomic mass is 10.3. The van der Waals surface area contributed by atoms with Crippen LogP contribution in [0.3, 0.4) is 0 Å². The third-order valence-electron chi connectivity index (χ3n) is 2.88. The van der Waals surface area contributed by atoms with Gasteiger partial charge in [-0.15, -0.1) is 0 Å². The third-order valence-corrected chi connectivity index (χ3v) is 3.37. The van der Waals surface area contributed by atoms with Crippen molar-refractivity contribution in [1.82, 2.24) is 9.55 Å². The number of benzene rings is 1. The lowest BCUT2D eigenvalue weighted by Crippen LogP contribution is -2.20. The molecular formula is C13H10BrFN2O2. The zero-order valence-electron chi connectivity index (χ0n) is 9.85. The standard InChI is InChI=1S/C13H10BrFN2O2/c14-8-1-4-10(15)11(7-8)19-12-13(18)17(6-5-16-12)9-2-3-9/h1,4-7,9H,2-3H2. The Balaban J connectivity index is 1.97. The normalized spacial score (nSPS) is 14.4. The van der Waals surface area contributed by atoms with E-state index >= 15 is 0 Å². The molecule has 0 radical (unpaired) electrons. The molecule has 98 valence electrons. The zero-order chi connectivity index (χ0) is 13.4. The number of ether oxygens (including phenoxy) is 1. The highest BCUT2D eigenvalue weighted by Gasteiger charge is 2.25. The molecule has 6 heteroatoms. The highest BCUT2D eigenvalue weighted by molar-refractivity contribution is 9.10. The highest BCUT2D eigenvalue weighted by Crippen LogP contribution is 2.33. The van der Waals surface area contributed by atoms with Gasteiger partial charge in [-0.3, -0.25) is 4.79 Å². The van der Waals surface area contributed by atoms with Crippen LogP contribution in [-0.4, -0.2) is 9.55 Å². The van der Waals surface area contributed by atoms with Crippen molar-refractivity contribution in [1.29, 1.82) is 0 Å². The van der Waals surface area contributed by atoms with Gasteiger partial charge in [0.1, 0.15) is 0 Å². The number of rotatable bonds is 3. The quantitative estimate of drug-likeness (QED) is 0.870. The van der Waals surface area contributed by atoms with Crippen LogP contribution in [0.2, 0.25) is 0 Å². The Morgan fingerprint density at radius 1 is 1.42 bits per heavy atom. The van der Waals surface area contributed by atoms with E-state index in [2.05, 4.69) is 20.9 Å². The lowest BCUT2D eigenvalue weighted by molar-refractivity contribution is 0.414. The fourth-order valence-electron chi connectivity index (χ4n) is 1.78. The number of halogens is 2. The Bertz CT molecular complexity index is 683. The summed E-state index contributed by atoms with van der Waals surface area (Å²) in [7, 11) is 0. The first kappa shape index (κ1) is 12.3. The summed E-state index contributed by atoms with van der Waals surface area (Å²) in [5.74, 6) is -0.662. The first-order valence-electron chi connectivity index (χ1n) is 5.85. The zero-order valence-corrected chi connectivity index (χ0v) is 11.4. The Labute approximate surface area is 117 Å². The van der Waals surface area contributed by atoms with Crippen molar-refractivity contribution in [3.8, 4) is 11.6 Å². The summed E-state index contributed by atoms with van der Waals surface area (Å²) in [6.07, 6.45) is 5.08. The van der Waals surface area contributed by atoms with Crippen molar-refractivity contribution >= 4 is 15.9 Å². The van der Waals surface area contributed by atoms with Gasteiger partial charge in [0.2, 0.25) is 0 Å². The molecular weight excluding hydrogens is 315 g/mol. The van der Waals surface area contributed by atoms with Gasteiger partial charge in [-0.2, -0.15) is 0 Å². The van der Waals surface area contributed by atoms with Gasteiger partial charge in [-0.25, -0.2) is 9.37 Å². The van der Waals surface area contributed by atoms with Gasteiger partial charge in [0.05, 0.1) is 0 Å². The van der Waals surface area contributed by atoms with E-state index in [9.17, 15) is 9.18 Å². The predicted molar refractivity (Wildman–Crippen MR) is 70.9 cm³/mol. The van der Waals surface area contributed by atoms with E-state index in [-0.39, 0.29) is 23.2 Å². The second kappa shape index (κ2) is 4.77. The lowest BCUT2D eigenvalue weighted by Gasteiger charge is -2.08. The molecule has 0 spiro atoms. The summed E-state index contributed by atoms with van der Waals surface area (Å²) in [5.41, 5.74) is -0.329. The van der Waals surface area contributed by atoms with Gasteiger partial charge in [0.25, 0.3) is 5.88 Å². The van der Waals surface area contributed by atoms with Crippen LogP contribution < -0.4 is 10.3 Å². The molecule has 0 unspecified atom stereocenters. The van der Waals surface area contributed by atoms with Crippen molar-refractivity contribution in [3.05, 3.63) is 51.2 Å². The molecule has 0 bridgehead atoms. The minimum absolute atomic E-state index is 0.0208. The van der Waals surface area contributed by atoms with Gasteiger partial charge in [0, 0.05) is 22.9 Å². The first-order valence-corrected chi connectivity index (χ1v) is 6.64. The fourth-order valence-corrected chi connectivity index (χ4v) is 2.12. The fraction of sp³-hybridized carbons (Fsp3) is 0.231. The summed E-state index contributed by atoms with van der Waals surface area (Å²) in [4.78, 5) is 16.0. The number of hydrogen-bond acceptors (Lipinski definition) is 3. The average molecular weight is 325 g/mol. The molecule has 4 nitrogen and oxygen atoms in total. The molecule has 1 fully saturated rings. The second-order valence-electron chi connectivity index (χ2n) is 4.35. The van der Waals surface area contributed by atoms with E-state index < -0.39 is 5.82 Å². The Morgan fingerprint density at radius 2 is 2.21 bits per heavy atom. The molecule has 0 atom stereocenters. The van der Waals surface area contributed by atoms with Gasteiger partial charge in [0.15, 0.2) is 11.6 Å². The van der Waals surface area contributed by atoms with Crippen molar-refractivity contribution in [2.75, 3.05) is 0 Å². The smallest absolute Gasteiger partial charge is 0.313 e. The molecule has 1 saturated carbocycles. The minimum Gasteiger partial charge on any atom is -0.431 e. The monoisotopic (exact) mass is 324 g/mol. The summed E-state index contributed by atoms with van der Waals surface area (Å²) in [6.45, 7) is 0. The summed E-state index contributed by atoms with van der Waals surface area (Å²) in [6, 6.07) is 4.51. The molecule has 1 aliphatic carbocycles. The topological polar surface area (TPSA) is 44.1 Å². The van der Waals surface area contributed by atoms with Crippen LogP contribution in [0, 0.1) is 5.82 Å². The molecule has 1 aromatic carbocycles. The van der Waals surface area contributed by atoms with Crippen molar-refractivity contribution in [2.24, 2.45) is 0 Å². The molecule has 0 aliphatic heterocycles. The Morgan fingerprint density at radius 3 is 2.95 bits per heavy atom. The molecule has 1 aliphatic rings. The maximum atomic E-state index is 13.6. The summed E-state index contributed by atoms with van der Waals surface area (Å²) < 4.78 is 21.1. The second-order valence-corrected chi connectivity index (χ2v) is 5.27. The van der Waals surface area contributed by atoms with Crippen LogP contribution in [0.25, 0.3) is 0 Å². The molecule has 19 heavy (non-hydrogen) atoms. The van der Waals surface area contributed by atoms with Crippen LogP contribution in [0.15, 0.2) is 39.9 Å². The largest absolute Gasteiger partial charge is 0.431 e. The van der Waals surface area contributed by atoms with Crippen molar-refractivity contribution in [2.45, 2.75) is 18.9 Å². The molecule has 3 rings (SSSR count). The minimum atomic E-state index is -0.536. The maximum Gasteiger partial charge on any atom is 0.313 e. The maximum absolute atomic E-state index is 13.6. The van der Waals surface area contributed by atoms with Crippen molar-refractivity contribution < 1.29 is 9.13 Å². The first-order chi connectivity index (χ1) is 9.15. The van der Waals surface area contributed by atoms with E-state index in [0.29, 0.717) is 4.47 Å². The van der Waals surface area contributed by atoms with E-state index in [4.69, 9.17) is 4.74 Å². The third kappa shape index (κ3) is 2.53. The van der Waals surface area contributed by atoms with Gasteiger partial charge in [-0.05, 0) is 31.0 Å². The molecule has 0 N–H and O–H groups in total.